The third-order valence-electron chi connectivity index (χ3n) is 2.16. The van der Waals surface area contributed by atoms with E-state index in [1.165, 1.54) is 12.1 Å². The molecule has 0 aromatic heterocycles. The predicted molar refractivity (Wildman–Crippen MR) is 61.7 cm³/mol. The molecular formula is C11H16FN3O. The van der Waals surface area contributed by atoms with Gasteiger partial charge in [-0.3, -0.25) is 4.79 Å². The van der Waals surface area contributed by atoms with Crippen LogP contribution in [0.5, 0.6) is 0 Å². The molecule has 0 bridgehead atoms. The second-order valence-corrected chi connectivity index (χ2v) is 3.75. The molecule has 1 atom stereocenters. The molecule has 5 N–H and O–H groups in total. The van der Waals surface area contributed by atoms with Crippen molar-refractivity contribution >= 4 is 11.6 Å². The molecule has 0 heterocycles. The highest BCUT2D eigenvalue weighted by atomic mass is 19.1. The van der Waals surface area contributed by atoms with Crippen molar-refractivity contribution in [3.8, 4) is 0 Å². The second-order valence-electron chi connectivity index (χ2n) is 3.75. The lowest BCUT2D eigenvalue weighted by molar-refractivity contribution is 0.100. The first-order valence-corrected chi connectivity index (χ1v) is 5.09. The summed E-state index contributed by atoms with van der Waals surface area (Å²) < 4.78 is 12.9. The molecule has 1 amide bonds. The number of amides is 1. The van der Waals surface area contributed by atoms with Crippen LogP contribution in [-0.2, 0) is 0 Å². The SMILES string of the molecule is CC(N)CCNc1ccc(F)cc1C(N)=O. The Hall–Kier alpha value is -1.62. The number of primary amides is 1. The van der Waals surface area contributed by atoms with Gasteiger partial charge in [0.25, 0.3) is 5.91 Å². The van der Waals surface area contributed by atoms with Crippen LogP contribution in [0.4, 0.5) is 10.1 Å². The molecule has 16 heavy (non-hydrogen) atoms. The molecule has 4 nitrogen and oxygen atoms in total. The fourth-order valence-electron chi connectivity index (χ4n) is 1.31. The lowest BCUT2D eigenvalue weighted by atomic mass is 10.1. The zero-order chi connectivity index (χ0) is 12.1. The summed E-state index contributed by atoms with van der Waals surface area (Å²) in [7, 11) is 0. The van der Waals surface area contributed by atoms with Gasteiger partial charge in [-0.2, -0.15) is 0 Å². The molecule has 1 unspecified atom stereocenters. The normalized spacial score (nSPS) is 12.2. The van der Waals surface area contributed by atoms with Crippen molar-refractivity contribution in [3.63, 3.8) is 0 Å². The summed E-state index contributed by atoms with van der Waals surface area (Å²) >= 11 is 0. The number of nitrogens with two attached hydrogens (primary N) is 2. The van der Waals surface area contributed by atoms with Crippen LogP contribution in [0.15, 0.2) is 18.2 Å². The predicted octanol–water partition coefficient (Wildman–Crippen LogP) is 1.07. The van der Waals surface area contributed by atoms with Gasteiger partial charge >= 0.3 is 0 Å². The molecule has 1 aromatic rings. The Morgan fingerprint density at radius 1 is 1.56 bits per heavy atom. The van der Waals surface area contributed by atoms with Crippen molar-refractivity contribution in [2.24, 2.45) is 11.5 Å². The lowest BCUT2D eigenvalue weighted by Gasteiger charge is -2.11. The van der Waals surface area contributed by atoms with Gasteiger partial charge in [0, 0.05) is 18.3 Å². The summed E-state index contributed by atoms with van der Waals surface area (Å²) in [6.07, 6.45) is 0.760. The number of hydrogen-bond acceptors (Lipinski definition) is 3. The van der Waals surface area contributed by atoms with Crippen molar-refractivity contribution < 1.29 is 9.18 Å². The van der Waals surface area contributed by atoms with Gasteiger partial charge in [0.1, 0.15) is 5.82 Å². The van der Waals surface area contributed by atoms with Crippen LogP contribution in [0.2, 0.25) is 0 Å². The van der Waals surface area contributed by atoms with Gasteiger partial charge < -0.3 is 16.8 Å². The summed E-state index contributed by atoms with van der Waals surface area (Å²) in [5.41, 5.74) is 11.4. The summed E-state index contributed by atoms with van der Waals surface area (Å²) in [5.74, 6) is -1.13. The Labute approximate surface area is 93.8 Å². The van der Waals surface area contributed by atoms with Gasteiger partial charge in [-0.25, -0.2) is 4.39 Å². The van der Waals surface area contributed by atoms with E-state index < -0.39 is 11.7 Å². The molecule has 0 aliphatic rings. The monoisotopic (exact) mass is 225 g/mol. The highest BCUT2D eigenvalue weighted by molar-refractivity contribution is 5.98. The number of hydrogen-bond donors (Lipinski definition) is 3. The fraction of sp³-hybridized carbons (Fsp3) is 0.364. The molecule has 0 aliphatic carbocycles. The topological polar surface area (TPSA) is 81.1 Å². The van der Waals surface area contributed by atoms with Gasteiger partial charge in [0.15, 0.2) is 0 Å². The third kappa shape index (κ3) is 3.51. The van der Waals surface area contributed by atoms with Crippen LogP contribution < -0.4 is 16.8 Å². The first-order valence-electron chi connectivity index (χ1n) is 5.09. The largest absolute Gasteiger partial charge is 0.384 e. The molecule has 0 aliphatic heterocycles. The highest BCUT2D eigenvalue weighted by Crippen LogP contribution is 2.16. The van der Waals surface area contributed by atoms with Crippen molar-refractivity contribution in [1.29, 1.82) is 0 Å². The number of anilines is 1. The molecule has 0 saturated carbocycles. The van der Waals surface area contributed by atoms with E-state index in [0.29, 0.717) is 12.2 Å². The smallest absolute Gasteiger partial charge is 0.250 e. The maximum absolute atomic E-state index is 12.9. The molecule has 0 spiro atoms. The molecule has 0 saturated heterocycles. The van der Waals surface area contributed by atoms with Gasteiger partial charge in [0.05, 0.1) is 5.56 Å². The van der Waals surface area contributed by atoms with Crippen molar-refractivity contribution in [3.05, 3.63) is 29.6 Å². The number of carbonyl (C=O) groups excluding carboxylic acids is 1. The molecule has 0 radical (unpaired) electrons. The van der Waals surface area contributed by atoms with E-state index in [1.54, 1.807) is 0 Å². The Morgan fingerprint density at radius 2 is 2.25 bits per heavy atom. The van der Waals surface area contributed by atoms with Gasteiger partial charge in [0.2, 0.25) is 0 Å². The fourth-order valence-corrected chi connectivity index (χ4v) is 1.31. The number of benzene rings is 1. The van der Waals surface area contributed by atoms with E-state index in [0.717, 1.165) is 12.5 Å². The molecular weight excluding hydrogens is 209 g/mol. The van der Waals surface area contributed by atoms with Gasteiger partial charge in [-0.1, -0.05) is 0 Å². The molecule has 88 valence electrons. The summed E-state index contributed by atoms with van der Waals surface area (Å²) in [4.78, 5) is 11.1. The van der Waals surface area contributed by atoms with Gasteiger partial charge in [-0.05, 0) is 31.5 Å². The van der Waals surface area contributed by atoms with Crippen LogP contribution in [-0.4, -0.2) is 18.5 Å². The minimum absolute atomic E-state index is 0.0741. The maximum atomic E-state index is 12.9. The first kappa shape index (κ1) is 12.4. The third-order valence-corrected chi connectivity index (χ3v) is 2.16. The Kier molecular flexibility index (Phi) is 4.25. The number of nitrogens with one attached hydrogen (secondary N) is 1. The van der Waals surface area contributed by atoms with Crippen LogP contribution in [0, 0.1) is 5.82 Å². The Balaban J connectivity index is 2.75. The molecule has 5 heteroatoms. The first-order chi connectivity index (χ1) is 7.50. The van der Waals surface area contributed by atoms with Crippen molar-refractivity contribution in [1.82, 2.24) is 0 Å². The number of rotatable bonds is 5. The van der Waals surface area contributed by atoms with Crippen LogP contribution in [0.3, 0.4) is 0 Å². The van der Waals surface area contributed by atoms with Crippen LogP contribution >= 0.6 is 0 Å². The quantitative estimate of drug-likeness (QED) is 0.701. The maximum Gasteiger partial charge on any atom is 0.250 e. The Morgan fingerprint density at radius 3 is 2.81 bits per heavy atom. The molecule has 0 fully saturated rings. The van der Waals surface area contributed by atoms with E-state index in [-0.39, 0.29) is 11.6 Å². The molecule has 1 aromatic carbocycles. The van der Waals surface area contributed by atoms with E-state index in [2.05, 4.69) is 5.32 Å². The van der Waals surface area contributed by atoms with Crippen LogP contribution in [0.1, 0.15) is 23.7 Å². The van der Waals surface area contributed by atoms with E-state index >= 15 is 0 Å². The minimum Gasteiger partial charge on any atom is -0.384 e. The zero-order valence-corrected chi connectivity index (χ0v) is 9.16. The van der Waals surface area contributed by atoms with E-state index in [1.807, 2.05) is 6.92 Å². The highest BCUT2D eigenvalue weighted by Gasteiger charge is 2.09. The van der Waals surface area contributed by atoms with E-state index in [4.69, 9.17) is 11.5 Å². The summed E-state index contributed by atoms with van der Waals surface area (Å²) in [5, 5.41) is 3.01. The number of halogens is 1. The van der Waals surface area contributed by atoms with Crippen molar-refractivity contribution in [2.75, 3.05) is 11.9 Å². The summed E-state index contributed by atoms with van der Waals surface area (Å²) in [6, 6.07) is 3.97. The second kappa shape index (κ2) is 5.46. The van der Waals surface area contributed by atoms with Gasteiger partial charge in [-0.15, -0.1) is 0 Å². The zero-order valence-electron chi connectivity index (χ0n) is 9.16. The van der Waals surface area contributed by atoms with Crippen LogP contribution in [0.25, 0.3) is 0 Å². The Bertz CT molecular complexity index is 379. The summed E-state index contributed by atoms with van der Waals surface area (Å²) in [6.45, 7) is 2.50. The average molecular weight is 225 g/mol. The minimum atomic E-state index is -0.650. The lowest BCUT2D eigenvalue weighted by Crippen LogP contribution is -2.20. The number of carbonyl (C=O) groups is 1. The average Bonchev–Trinajstić information content (AvgIpc) is 2.19. The molecule has 1 rings (SSSR count). The van der Waals surface area contributed by atoms with Crippen molar-refractivity contribution in [2.45, 2.75) is 19.4 Å². The standard InChI is InChI=1S/C11H16FN3O/c1-7(13)4-5-15-10-3-2-8(12)6-9(10)11(14)16/h2-3,6-7,15H,4-5,13H2,1H3,(H2,14,16). The van der Waals surface area contributed by atoms with E-state index in [9.17, 15) is 9.18 Å².